The molecular weight excluding hydrogens is 302 g/mol. The first kappa shape index (κ1) is 16.2. The topological polar surface area (TPSA) is 67.0 Å². The summed E-state index contributed by atoms with van der Waals surface area (Å²) in [6.07, 6.45) is 0.808. The van der Waals surface area contributed by atoms with Gasteiger partial charge in [-0.3, -0.25) is 9.89 Å². The summed E-state index contributed by atoms with van der Waals surface area (Å²) in [5, 5.41) is 10.7. The average molecular weight is 323 g/mol. The predicted molar refractivity (Wildman–Crippen MR) is 93.9 cm³/mol. The lowest BCUT2D eigenvalue weighted by atomic mass is 10.1. The summed E-state index contributed by atoms with van der Waals surface area (Å²) in [5.74, 6) is -0.163. The number of para-hydroxylation sites is 1. The molecule has 3 aromatic rings. The van der Waals surface area contributed by atoms with Crippen LogP contribution in [0.5, 0.6) is 0 Å². The maximum atomic E-state index is 12.2. The highest BCUT2D eigenvalue weighted by Crippen LogP contribution is 2.16. The molecule has 0 spiro atoms. The second-order valence-electron chi connectivity index (χ2n) is 5.65. The molecule has 0 bridgehead atoms. The standard InChI is InChI=1S/C19H21N3O2/c1-14(15-8-3-2-4-9-15)24-13-7-12-20-19(23)18-16-10-5-6-11-17(16)21-22-18/h2-6,8-11,14H,7,12-13H2,1H3,(H,20,23)(H,21,22)/t14-/m0/s1. The molecule has 0 unspecified atom stereocenters. The van der Waals surface area contributed by atoms with Gasteiger partial charge in [0.25, 0.3) is 5.91 Å². The van der Waals surface area contributed by atoms with Gasteiger partial charge in [0, 0.05) is 18.5 Å². The number of hydrogen-bond donors (Lipinski definition) is 2. The monoisotopic (exact) mass is 323 g/mol. The molecule has 0 saturated carbocycles. The number of carbonyl (C=O) groups is 1. The van der Waals surface area contributed by atoms with Gasteiger partial charge in [0.1, 0.15) is 0 Å². The first-order valence-electron chi connectivity index (χ1n) is 8.13. The third-order valence-electron chi connectivity index (χ3n) is 3.93. The van der Waals surface area contributed by atoms with Crippen LogP contribution in [0.25, 0.3) is 10.9 Å². The number of amides is 1. The molecule has 2 aromatic carbocycles. The van der Waals surface area contributed by atoms with Gasteiger partial charge in [0.2, 0.25) is 0 Å². The Hall–Kier alpha value is -2.66. The van der Waals surface area contributed by atoms with E-state index in [0.29, 0.717) is 18.8 Å². The van der Waals surface area contributed by atoms with Crippen molar-refractivity contribution in [2.75, 3.05) is 13.2 Å². The van der Waals surface area contributed by atoms with Gasteiger partial charge in [-0.05, 0) is 25.0 Å². The molecule has 0 radical (unpaired) electrons. The van der Waals surface area contributed by atoms with Crippen molar-refractivity contribution >= 4 is 16.8 Å². The molecule has 5 heteroatoms. The lowest BCUT2D eigenvalue weighted by Crippen LogP contribution is -2.25. The fourth-order valence-electron chi connectivity index (χ4n) is 2.57. The first-order valence-corrected chi connectivity index (χ1v) is 8.13. The Kier molecular flexibility index (Phi) is 5.23. The highest BCUT2D eigenvalue weighted by Gasteiger charge is 2.13. The van der Waals surface area contributed by atoms with Crippen LogP contribution in [0.2, 0.25) is 0 Å². The van der Waals surface area contributed by atoms with Crippen LogP contribution in [0.4, 0.5) is 0 Å². The molecular formula is C19H21N3O2. The van der Waals surface area contributed by atoms with Gasteiger partial charge < -0.3 is 10.1 Å². The van der Waals surface area contributed by atoms with E-state index in [2.05, 4.69) is 27.6 Å². The van der Waals surface area contributed by atoms with Crippen molar-refractivity contribution in [3.05, 3.63) is 65.9 Å². The zero-order chi connectivity index (χ0) is 16.8. The maximum Gasteiger partial charge on any atom is 0.272 e. The van der Waals surface area contributed by atoms with Crippen molar-refractivity contribution < 1.29 is 9.53 Å². The van der Waals surface area contributed by atoms with Gasteiger partial charge in [-0.25, -0.2) is 0 Å². The van der Waals surface area contributed by atoms with Gasteiger partial charge in [-0.2, -0.15) is 5.10 Å². The number of ether oxygens (including phenoxy) is 1. The lowest BCUT2D eigenvalue weighted by molar-refractivity contribution is 0.0634. The minimum absolute atomic E-state index is 0.0529. The summed E-state index contributed by atoms with van der Waals surface area (Å²) in [4.78, 5) is 12.2. The largest absolute Gasteiger partial charge is 0.374 e. The molecule has 1 aromatic heterocycles. The number of aromatic amines is 1. The van der Waals surface area contributed by atoms with Crippen molar-refractivity contribution in [2.45, 2.75) is 19.4 Å². The Bertz CT molecular complexity index is 798. The molecule has 2 N–H and O–H groups in total. The van der Waals surface area contributed by atoms with E-state index in [-0.39, 0.29) is 12.0 Å². The highest BCUT2D eigenvalue weighted by molar-refractivity contribution is 6.04. The van der Waals surface area contributed by atoms with E-state index in [1.807, 2.05) is 49.4 Å². The normalized spacial score (nSPS) is 12.2. The van der Waals surface area contributed by atoms with Crippen LogP contribution >= 0.6 is 0 Å². The molecule has 24 heavy (non-hydrogen) atoms. The van der Waals surface area contributed by atoms with Crippen LogP contribution in [0.3, 0.4) is 0 Å². The Morgan fingerprint density at radius 3 is 2.75 bits per heavy atom. The molecule has 5 nitrogen and oxygen atoms in total. The molecule has 1 heterocycles. The van der Waals surface area contributed by atoms with Crippen LogP contribution in [0.1, 0.15) is 35.5 Å². The van der Waals surface area contributed by atoms with Crippen molar-refractivity contribution in [3.8, 4) is 0 Å². The Labute approximate surface area is 141 Å². The summed E-state index contributed by atoms with van der Waals surface area (Å²) in [5.41, 5.74) is 2.45. The fourth-order valence-corrected chi connectivity index (χ4v) is 2.57. The van der Waals surface area contributed by atoms with Crippen molar-refractivity contribution in [3.63, 3.8) is 0 Å². The first-order chi connectivity index (χ1) is 11.8. The number of nitrogens with zero attached hydrogens (tertiary/aromatic N) is 1. The van der Waals surface area contributed by atoms with Crippen LogP contribution in [-0.2, 0) is 4.74 Å². The van der Waals surface area contributed by atoms with Gasteiger partial charge in [0.15, 0.2) is 5.69 Å². The molecule has 0 aliphatic carbocycles. The zero-order valence-corrected chi connectivity index (χ0v) is 13.7. The number of fused-ring (bicyclic) bond motifs is 1. The second-order valence-corrected chi connectivity index (χ2v) is 5.65. The Morgan fingerprint density at radius 1 is 1.17 bits per heavy atom. The number of benzene rings is 2. The summed E-state index contributed by atoms with van der Waals surface area (Å²) in [6, 6.07) is 17.7. The van der Waals surface area contributed by atoms with Gasteiger partial charge >= 0.3 is 0 Å². The maximum absolute atomic E-state index is 12.2. The molecule has 0 aliphatic heterocycles. The third kappa shape index (κ3) is 3.81. The van der Waals surface area contributed by atoms with Gasteiger partial charge in [0.05, 0.1) is 11.6 Å². The Balaban J connectivity index is 1.43. The molecule has 0 fully saturated rings. The number of aromatic nitrogens is 2. The SMILES string of the molecule is C[C@H](OCCCNC(=O)c1n[nH]c2ccccc12)c1ccccc1. The zero-order valence-electron chi connectivity index (χ0n) is 13.7. The molecule has 0 saturated heterocycles. The summed E-state index contributed by atoms with van der Waals surface area (Å²) in [6.45, 7) is 3.18. The summed E-state index contributed by atoms with van der Waals surface area (Å²) in [7, 11) is 0. The number of H-pyrrole nitrogens is 1. The molecule has 124 valence electrons. The van der Waals surface area contributed by atoms with E-state index in [1.54, 1.807) is 0 Å². The minimum Gasteiger partial charge on any atom is -0.374 e. The second kappa shape index (κ2) is 7.75. The van der Waals surface area contributed by atoms with E-state index in [0.717, 1.165) is 22.9 Å². The van der Waals surface area contributed by atoms with Crippen LogP contribution in [0.15, 0.2) is 54.6 Å². The molecule has 1 amide bonds. The lowest BCUT2D eigenvalue weighted by Gasteiger charge is -2.13. The van der Waals surface area contributed by atoms with E-state index in [1.165, 1.54) is 0 Å². The van der Waals surface area contributed by atoms with E-state index >= 15 is 0 Å². The van der Waals surface area contributed by atoms with Crippen LogP contribution < -0.4 is 5.32 Å². The van der Waals surface area contributed by atoms with Crippen molar-refractivity contribution in [1.29, 1.82) is 0 Å². The van der Waals surface area contributed by atoms with E-state index in [4.69, 9.17) is 4.74 Å². The fraction of sp³-hybridized carbons (Fsp3) is 0.263. The number of rotatable bonds is 7. The quantitative estimate of drug-likeness (QED) is 0.654. The summed E-state index contributed by atoms with van der Waals surface area (Å²) >= 11 is 0. The van der Waals surface area contributed by atoms with Crippen molar-refractivity contribution in [2.24, 2.45) is 0 Å². The summed E-state index contributed by atoms with van der Waals surface area (Å²) < 4.78 is 5.80. The Morgan fingerprint density at radius 2 is 1.92 bits per heavy atom. The van der Waals surface area contributed by atoms with E-state index in [9.17, 15) is 4.79 Å². The molecule has 1 atom stereocenters. The smallest absolute Gasteiger partial charge is 0.272 e. The van der Waals surface area contributed by atoms with Crippen molar-refractivity contribution in [1.82, 2.24) is 15.5 Å². The third-order valence-corrected chi connectivity index (χ3v) is 3.93. The number of nitrogens with one attached hydrogen (secondary N) is 2. The number of hydrogen-bond acceptors (Lipinski definition) is 3. The minimum atomic E-state index is -0.163. The average Bonchev–Trinajstić information content (AvgIpc) is 3.06. The van der Waals surface area contributed by atoms with Gasteiger partial charge in [-0.1, -0.05) is 48.5 Å². The molecule has 3 rings (SSSR count). The van der Waals surface area contributed by atoms with E-state index < -0.39 is 0 Å². The predicted octanol–water partition coefficient (Wildman–Crippen LogP) is 3.46. The van der Waals surface area contributed by atoms with Crippen LogP contribution in [0, 0.1) is 0 Å². The van der Waals surface area contributed by atoms with Gasteiger partial charge in [-0.15, -0.1) is 0 Å². The molecule has 0 aliphatic rings. The van der Waals surface area contributed by atoms with Crippen LogP contribution in [-0.4, -0.2) is 29.3 Å². The highest BCUT2D eigenvalue weighted by atomic mass is 16.5. The number of carbonyl (C=O) groups excluding carboxylic acids is 1.